The Morgan fingerprint density at radius 1 is 0.923 bits per heavy atom. The van der Waals surface area contributed by atoms with Crippen molar-refractivity contribution in [1.82, 2.24) is 5.43 Å². The van der Waals surface area contributed by atoms with Crippen LogP contribution in [0.3, 0.4) is 0 Å². The molecule has 0 bridgehead atoms. The number of amides is 1. The number of ketones is 1. The summed E-state index contributed by atoms with van der Waals surface area (Å²) in [5.41, 5.74) is 6.33. The standard InChI is InChI=1S/C9H9ClO.C8H10N2O.C3H6O/c1-6-3-7(2)5-8(4-6)9(10)11;1-6-4-2-3-5-7(6)8(11)10-9;1-3(2)4/h3-5H,1-2H3;2-5H,9H2,1H3,(H,10,11);1-2H3. The van der Waals surface area contributed by atoms with Gasteiger partial charge in [-0.25, -0.2) is 5.84 Å². The van der Waals surface area contributed by atoms with E-state index in [4.69, 9.17) is 17.4 Å². The van der Waals surface area contributed by atoms with Crippen molar-refractivity contribution >= 4 is 28.5 Å². The SMILES string of the molecule is CC(C)=O.Cc1cc(C)cc(C(=O)Cl)c1.Cc1ccccc1C(=O)NN. The minimum atomic E-state index is -0.392. The van der Waals surface area contributed by atoms with Crippen molar-refractivity contribution in [3.8, 4) is 0 Å². The summed E-state index contributed by atoms with van der Waals surface area (Å²) in [5, 5.41) is -0.392. The smallest absolute Gasteiger partial charge is 0.265 e. The van der Waals surface area contributed by atoms with Crippen LogP contribution in [0.25, 0.3) is 0 Å². The molecular formula is C20H25ClN2O3. The van der Waals surface area contributed by atoms with E-state index in [1.165, 1.54) is 13.8 Å². The monoisotopic (exact) mass is 376 g/mol. The maximum Gasteiger partial charge on any atom is 0.265 e. The predicted molar refractivity (Wildman–Crippen MR) is 105 cm³/mol. The first kappa shape index (κ1) is 23.5. The molecule has 2 rings (SSSR count). The van der Waals surface area contributed by atoms with Gasteiger partial charge in [-0.3, -0.25) is 15.0 Å². The molecule has 140 valence electrons. The Kier molecular flexibility index (Phi) is 10.8. The van der Waals surface area contributed by atoms with Gasteiger partial charge in [0.05, 0.1) is 0 Å². The Labute approximate surface area is 159 Å². The van der Waals surface area contributed by atoms with Gasteiger partial charge in [0.2, 0.25) is 0 Å². The summed E-state index contributed by atoms with van der Waals surface area (Å²) in [7, 11) is 0. The lowest BCUT2D eigenvalue weighted by molar-refractivity contribution is -0.115. The van der Waals surface area contributed by atoms with E-state index in [1.807, 2.05) is 39.0 Å². The van der Waals surface area contributed by atoms with Crippen molar-refractivity contribution < 1.29 is 14.4 Å². The van der Waals surface area contributed by atoms with Gasteiger partial charge in [-0.05, 0) is 70.0 Å². The number of nitrogen functional groups attached to an aromatic ring is 1. The van der Waals surface area contributed by atoms with Crippen molar-refractivity contribution in [3.05, 3.63) is 70.3 Å². The Hall–Kier alpha value is -2.50. The molecule has 2 aromatic rings. The number of rotatable bonds is 2. The van der Waals surface area contributed by atoms with Gasteiger partial charge in [0.15, 0.2) is 0 Å². The molecule has 0 fully saturated rings. The van der Waals surface area contributed by atoms with Crippen molar-refractivity contribution in [1.29, 1.82) is 0 Å². The summed E-state index contributed by atoms with van der Waals surface area (Å²) in [6, 6.07) is 12.8. The first-order valence-electron chi connectivity index (χ1n) is 7.90. The fourth-order valence-electron chi connectivity index (χ4n) is 1.99. The predicted octanol–water partition coefficient (Wildman–Crippen LogP) is 3.88. The zero-order valence-corrected chi connectivity index (χ0v) is 16.5. The number of carbonyl (C=O) groups excluding carboxylic acids is 3. The second-order valence-electron chi connectivity index (χ2n) is 5.85. The molecule has 0 heterocycles. The van der Waals surface area contributed by atoms with E-state index in [1.54, 1.807) is 24.3 Å². The van der Waals surface area contributed by atoms with Gasteiger partial charge in [0, 0.05) is 11.1 Å². The summed E-state index contributed by atoms with van der Waals surface area (Å²) in [5.74, 6) is 4.89. The number of nitrogens with two attached hydrogens (primary N) is 1. The van der Waals surface area contributed by atoms with Crippen LogP contribution in [-0.4, -0.2) is 16.9 Å². The Morgan fingerprint density at radius 3 is 1.77 bits per heavy atom. The molecule has 0 unspecified atom stereocenters. The van der Waals surface area contributed by atoms with Crippen LogP contribution in [0, 0.1) is 20.8 Å². The third-order valence-corrected chi connectivity index (χ3v) is 3.19. The molecule has 0 saturated heterocycles. The molecule has 0 aliphatic carbocycles. The van der Waals surface area contributed by atoms with Crippen molar-refractivity contribution in [2.24, 2.45) is 5.84 Å². The van der Waals surface area contributed by atoms with E-state index >= 15 is 0 Å². The number of hydrogen-bond acceptors (Lipinski definition) is 4. The second kappa shape index (κ2) is 12.0. The van der Waals surface area contributed by atoms with Crippen LogP contribution in [0.1, 0.15) is 51.3 Å². The molecule has 0 radical (unpaired) electrons. The molecule has 1 amide bonds. The summed E-state index contributed by atoms with van der Waals surface area (Å²) in [4.78, 5) is 31.2. The fourth-order valence-corrected chi connectivity index (χ4v) is 2.10. The highest BCUT2D eigenvalue weighted by molar-refractivity contribution is 6.67. The molecule has 2 aromatic carbocycles. The van der Waals surface area contributed by atoms with Crippen LogP contribution in [0.5, 0.6) is 0 Å². The largest absolute Gasteiger partial charge is 0.300 e. The maximum atomic E-state index is 11.0. The van der Waals surface area contributed by atoms with Crippen molar-refractivity contribution in [2.75, 3.05) is 0 Å². The second-order valence-corrected chi connectivity index (χ2v) is 6.19. The highest BCUT2D eigenvalue weighted by Crippen LogP contribution is 2.10. The Balaban J connectivity index is 0.000000401. The Bertz CT molecular complexity index is 749. The normalized spacial score (nSPS) is 9.04. The van der Waals surface area contributed by atoms with E-state index in [-0.39, 0.29) is 11.7 Å². The topological polar surface area (TPSA) is 89.3 Å². The van der Waals surface area contributed by atoms with Gasteiger partial charge in [0.25, 0.3) is 11.1 Å². The van der Waals surface area contributed by atoms with E-state index < -0.39 is 5.24 Å². The minimum absolute atomic E-state index is 0.167. The summed E-state index contributed by atoms with van der Waals surface area (Å²) < 4.78 is 0. The number of hydrazine groups is 1. The number of halogens is 1. The molecule has 0 atom stereocenters. The van der Waals surface area contributed by atoms with Gasteiger partial charge >= 0.3 is 0 Å². The summed E-state index contributed by atoms with van der Waals surface area (Å²) in [6.07, 6.45) is 0. The average molecular weight is 377 g/mol. The molecule has 0 aliphatic heterocycles. The minimum Gasteiger partial charge on any atom is -0.300 e. The number of aryl methyl sites for hydroxylation is 3. The highest BCUT2D eigenvalue weighted by Gasteiger charge is 2.04. The van der Waals surface area contributed by atoms with Crippen LogP contribution < -0.4 is 11.3 Å². The van der Waals surface area contributed by atoms with E-state index in [9.17, 15) is 14.4 Å². The number of hydrogen-bond donors (Lipinski definition) is 2. The van der Waals surface area contributed by atoms with Crippen LogP contribution in [0.15, 0.2) is 42.5 Å². The summed E-state index contributed by atoms with van der Waals surface area (Å²) >= 11 is 5.31. The lowest BCUT2D eigenvalue weighted by atomic mass is 10.1. The van der Waals surface area contributed by atoms with Crippen LogP contribution in [-0.2, 0) is 4.79 Å². The fraction of sp³-hybridized carbons (Fsp3) is 0.250. The van der Waals surface area contributed by atoms with E-state index in [2.05, 4.69) is 5.43 Å². The third kappa shape index (κ3) is 9.71. The van der Waals surface area contributed by atoms with Crippen LogP contribution in [0.2, 0.25) is 0 Å². The molecule has 0 spiro atoms. The van der Waals surface area contributed by atoms with Gasteiger partial charge in [-0.1, -0.05) is 35.4 Å². The zero-order valence-electron chi connectivity index (χ0n) is 15.7. The number of nitrogens with one attached hydrogen (secondary N) is 1. The quantitative estimate of drug-likeness (QED) is 0.360. The van der Waals surface area contributed by atoms with Gasteiger partial charge in [0.1, 0.15) is 5.78 Å². The number of carbonyl (C=O) groups is 3. The van der Waals surface area contributed by atoms with Crippen molar-refractivity contribution in [2.45, 2.75) is 34.6 Å². The molecule has 0 saturated carbocycles. The average Bonchev–Trinajstić information content (AvgIpc) is 2.53. The first-order valence-corrected chi connectivity index (χ1v) is 8.28. The highest BCUT2D eigenvalue weighted by atomic mass is 35.5. The van der Waals surface area contributed by atoms with Gasteiger partial charge in [-0.2, -0.15) is 0 Å². The molecular weight excluding hydrogens is 352 g/mol. The first-order chi connectivity index (χ1) is 12.1. The molecule has 0 aliphatic rings. The van der Waals surface area contributed by atoms with Gasteiger partial charge in [-0.15, -0.1) is 0 Å². The lowest BCUT2D eigenvalue weighted by Gasteiger charge is -2.01. The van der Waals surface area contributed by atoms with Crippen LogP contribution in [0.4, 0.5) is 0 Å². The molecule has 0 aromatic heterocycles. The molecule has 26 heavy (non-hydrogen) atoms. The summed E-state index contributed by atoms with van der Waals surface area (Å²) in [6.45, 7) is 8.80. The number of Topliss-reactive ketones (excluding diaryl/α,β-unsaturated/α-hetero) is 1. The molecule has 6 heteroatoms. The molecule has 5 nitrogen and oxygen atoms in total. The maximum absolute atomic E-state index is 11.0. The number of benzene rings is 2. The van der Waals surface area contributed by atoms with E-state index in [0.717, 1.165) is 16.7 Å². The Morgan fingerprint density at radius 2 is 1.38 bits per heavy atom. The van der Waals surface area contributed by atoms with Gasteiger partial charge < -0.3 is 4.79 Å². The lowest BCUT2D eigenvalue weighted by Crippen LogP contribution is -2.30. The third-order valence-electron chi connectivity index (χ3n) is 2.97. The zero-order chi connectivity index (χ0) is 20.3. The molecule has 3 N–H and O–H groups in total. The van der Waals surface area contributed by atoms with Crippen LogP contribution >= 0.6 is 11.6 Å². The van der Waals surface area contributed by atoms with Crippen molar-refractivity contribution in [3.63, 3.8) is 0 Å². The van der Waals surface area contributed by atoms with E-state index in [0.29, 0.717) is 11.1 Å².